The zero-order valence-corrected chi connectivity index (χ0v) is 14.3. The number of benzene rings is 1. The topological polar surface area (TPSA) is 77.2 Å². The predicted molar refractivity (Wildman–Crippen MR) is 95.1 cm³/mol. The second-order valence-corrected chi connectivity index (χ2v) is 5.44. The molecule has 23 heavy (non-hydrogen) atoms. The van der Waals surface area contributed by atoms with Gasteiger partial charge in [0.2, 0.25) is 5.91 Å². The zero-order valence-electron chi connectivity index (χ0n) is 12.7. The van der Waals surface area contributed by atoms with E-state index in [1.54, 1.807) is 6.20 Å². The predicted octanol–water partition coefficient (Wildman–Crippen LogP) is 2.20. The Hall–Kier alpha value is -1.40. The maximum absolute atomic E-state index is 12.3. The Morgan fingerprint density at radius 2 is 1.91 bits per heavy atom. The van der Waals surface area contributed by atoms with Gasteiger partial charge in [-0.15, -0.1) is 24.8 Å². The Balaban J connectivity index is 0.00000132. The molecule has 3 N–H and O–H groups in total. The van der Waals surface area contributed by atoms with Gasteiger partial charge in [0.25, 0.3) is 0 Å². The van der Waals surface area contributed by atoms with Crippen molar-refractivity contribution in [1.82, 2.24) is 10.3 Å². The van der Waals surface area contributed by atoms with Gasteiger partial charge in [-0.25, -0.2) is 0 Å². The fourth-order valence-corrected chi connectivity index (χ4v) is 2.62. The van der Waals surface area contributed by atoms with Crippen molar-refractivity contribution in [3.63, 3.8) is 0 Å². The molecule has 0 aliphatic carbocycles. The lowest BCUT2D eigenvalue weighted by atomic mass is 9.90. The van der Waals surface area contributed by atoms with E-state index < -0.39 is 5.54 Å². The quantitative estimate of drug-likeness (QED) is 0.882. The Kier molecular flexibility index (Phi) is 7.22. The van der Waals surface area contributed by atoms with E-state index in [0.29, 0.717) is 32.6 Å². The molecular formula is C16H21Cl2N3O2. The van der Waals surface area contributed by atoms with E-state index in [-0.39, 0.29) is 30.7 Å². The number of aromatic nitrogens is 1. The Morgan fingerprint density at radius 1 is 1.22 bits per heavy atom. The first-order chi connectivity index (χ1) is 10.2. The molecule has 2 aromatic rings. The van der Waals surface area contributed by atoms with Crippen molar-refractivity contribution in [3.8, 4) is 0 Å². The van der Waals surface area contributed by atoms with Crippen LogP contribution >= 0.6 is 24.8 Å². The van der Waals surface area contributed by atoms with Crippen molar-refractivity contribution in [2.24, 2.45) is 5.73 Å². The molecule has 1 aliphatic rings. The summed E-state index contributed by atoms with van der Waals surface area (Å²) in [5.41, 5.74) is 7.27. The molecule has 1 amide bonds. The number of halogens is 2. The molecule has 1 aliphatic heterocycles. The number of nitrogens with two attached hydrogens (primary N) is 1. The number of pyridine rings is 1. The molecule has 0 bridgehead atoms. The summed E-state index contributed by atoms with van der Waals surface area (Å²) in [5, 5.41) is 4.01. The lowest BCUT2D eigenvalue weighted by molar-refractivity contribution is -0.129. The molecule has 5 nitrogen and oxygen atoms in total. The van der Waals surface area contributed by atoms with Crippen LogP contribution in [0.1, 0.15) is 18.4 Å². The first-order valence-corrected chi connectivity index (χ1v) is 7.17. The van der Waals surface area contributed by atoms with E-state index in [1.807, 2.05) is 30.3 Å². The minimum absolute atomic E-state index is 0. The van der Waals surface area contributed by atoms with Crippen LogP contribution in [0.2, 0.25) is 0 Å². The number of rotatable bonds is 3. The summed E-state index contributed by atoms with van der Waals surface area (Å²) in [5.74, 6) is -0.112. The molecule has 2 heterocycles. The molecule has 0 spiro atoms. The van der Waals surface area contributed by atoms with Crippen molar-refractivity contribution < 1.29 is 9.53 Å². The minimum Gasteiger partial charge on any atom is -0.381 e. The lowest BCUT2D eigenvalue weighted by Gasteiger charge is -2.31. The summed E-state index contributed by atoms with van der Waals surface area (Å²) in [6.07, 6.45) is 2.88. The number of fused-ring (bicyclic) bond motifs is 1. The summed E-state index contributed by atoms with van der Waals surface area (Å²) >= 11 is 0. The standard InChI is InChI=1S/C16H19N3O2.2ClH/c17-16(6-9-21-10-7-16)15(20)19-11-13-4-1-3-12-5-2-8-18-14(12)13;;/h1-5,8H,6-7,9-11,17H2,(H,19,20);2*1H. The number of para-hydroxylation sites is 1. The van der Waals surface area contributed by atoms with Gasteiger partial charge in [-0.3, -0.25) is 9.78 Å². The monoisotopic (exact) mass is 357 g/mol. The summed E-state index contributed by atoms with van der Waals surface area (Å²) in [6.45, 7) is 1.52. The Labute approximate surface area is 147 Å². The van der Waals surface area contributed by atoms with Gasteiger partial charge in [0.05, 0.1) is 11.1 Å². The molecule has 1 aromatic carbocycles. The number of hydrogen-bond acceptors (Lipinski definition) is 4. The van der Waals surface area contributed by atoms with Crippen molar-refractivity contribution >= 4 is 41.6 Å². The largest absolute Gasteiger partial charge is 0.381 e. The van der Waals surface area contributed by atoms with Crippen molar-refractivity contribution in [2.75, 3.05) is 13.2 Å². The summed E-state index contributed by atoms with van der Waals surface area (Å²) in [7, 11) is 0. The highest BCUT2D eigenvalue weighted by Gasteiger charge is 2.35. The molecule has 0 unspecified atom stereocenters. The highest BCUT2D eigenvalue weighted by Crippen LogP contribution is 2.19. The SMILES string of the molecule is Cl.Cl.NC1(C(=O)NCc2cccc3cccnc23)CCOCC1. The summed E-state index contributed by atoms with van der Waals surface area (Å²) < 4.78 is 5.27. The van der Waals surface area contributed by atoms with Crippen molar-refractivity contribution in [1.29, 1.82) is 0 Å². The molecule has 1 aromatic heterocycles. The van der Waals surface area contributed by atoms with Gasteiger partial charge in [0.15, 0.2) is 0 Å². The fraction of sp³-hybridized carbons (Fsp3) is 0.375. The third kappa shape index (κ3) is 4.32. The average molecular weight is 358 g/mol. The molecule has 0 atom stereocenters. The number of carbonyl (C=O) groups excluding carboxylic acids is 1. The van der Waals surface area contributed by atoms with Crippen LogP contribution in [-0.4, -0.2) is 29.6 Å². The van der Waals surface area contributed by atoms with Crippen LogP contribution in [0.3, 0.4) is 0 Å². The lowest BCUT2D eigenvalue weighted by Crippen LogP contribution is -2.56. The molecule has 0 saturated carbocycles. The van der Waals surface area contributed by atoms with Crippen LogP contribution in [0.25, 0.3) is 10.9 Å². The number of nitrogens with one attached hydrogen (secondary N) is 1. The summed E-state index contributed by atoms with van der Waals surface area (Å²) in [4.78, 5) is 16.7. The number of carbonyl (C=O) groups is 1. The van der Waals surface area contributed by atoms with E-state index in [1.165, 1.54) is 0 Å². The number of hydrogen-bond donors (Lipinski definition) is 2. The van der Waals surface area contributed by atoms with E-state index in [0.717, 1.165) is 16.5 Å². The smallest absolute Gasteiger partial charge is 0.240 e. The van der Waals surface area contributed by atoms with E-state index in [2.05, 4.69) is 10.3 Å². The fourth-order valence-electron chi connectivity index (χ4n) is 2.62. The van der Waals surface area contributed by atoms with Crippen LogP contribution < -0.4 is 11.1 Å². The van der Waals surface area contributed by atoms with E-state index >= 15 is 0 Å². The van der Waals surface area contributed by atoms with Gasteiger partial charge in [0.1, 0.15) is 0 Å². The first kappa shape index (κ1) is 19.6. The average Bonchev–Trinajstić information content (AvgIpc) is 2.53. The van der Waals surface area contributed by atoms with Gasteiger partial charge in [0, 0.05) is 31.3 Å². The zero-order chi connectivity index (χ0) is 14.7. The Morgan fingerprint density at radius 3 is 2.65 bits per heavy atom. The number of ether oxygens (including phenoxy) is 1. The maximum Gasteiger partial charge on any atom is 0.240 e. The Bertz CT molecular complexity index is 655. The molecule has 7 heteroatoms. The van der Waals surface area contributed by atoms with E-state index in [9.17, 15) is 4.79 Å². The third-order valence-corrected chi connectivity index (χ3v) is 3.99. The molecule has 1 saturated heterocycles. The maximum atomic E-state index is 12.3. The normalized spacial score (nSPS) is 16.0. The highest BCUT2D eigenvalue weighted by atomic mass is 35.5. The minimum atomic E-state index is -0.809. The third-order valence-electron chi connectivity index (χ3n) is 3.99. The van der Waals surface area contributed by atoms with Crippen LogP contribution in [-0.2, 0) is 16.1 Å². The van der Waals surface area contributed by atoms with Gasteiger partial charge < -0.3 is 15.8 Å². The molecule has 3 rings (SSSR count). The number of amides is 1. The van der Waals surface area contributed by atoms with Gasteiger partial charge in [-0.1, -0.05) is 24.3 Å². The second kappa shape index (κ2) is 8.45. The first-order valence-electron chi connectivity index (χ1n) is 7.17. The van der Waals surface area contributed by atoms with Crippen LogP contribution in [0, 0.1) is 0 Å². The van der Waals surface area contributed by atoms with Crippen LogP contribution in [0.4, 0.5) is 0 Å². The highest BCUT2D eigenvalue weighted by molar-refractivity contribution is 5.87. The molecule has 126 valence electrons. The van der Waals surface area contributed by atoms with Crippen molar-refractivity contribution in [3.05, 3.63) is 42.1 Å². The van der Waals surface area contributed by atoms with Gasteiger partial charge in [-0.2, -0.15) is 0 Å². The van der Waals surface area contributed by atoms with E-state index in [4.69, 9.17) is 10.5 Å². The van der Waals surface area contributed by atoms with Crippen LogP contribution in [0.5, 0.6) is 0 Å². The van der Waals surface area contributed by atoms with Crippen molar-refractivity contribution in [2.45, 2.75) is 24.9 Å². The van der Waals surface area contributed by atoms with Crippen LogP contribution in [0.15, 0.2) is 36.5 Å². The molecule has 0 radical (unpaired) electrons. The van der Waals surface area contributed by atoms with Gasteiger partial charge >= 0.3 is 0 Å². The molecule has 1 fully saturated rings. The second-order valence-electron chi connectivity index (χ2n) is 5.44. The van der Waals surface area contributed by atoms with Gasteiger partial charge in [-0.05, 0) is 24.5 Å². The number of nitrogens with zero attached hydrogens (tertiary/aromatic N) is 1. The summed E-state index contributed by atoms with van der Waals surface area (Å²) in [6, 6.07) is 9.87. The molecular weight excluding hydrogens is 337 g/mol.